The Bertz CT molecular complexity index is 3230. The zero-order chi connectivity index (χ0) is 54.9. The molecule has 26 heteroatoms. The molecule has 0 unspecified atom stereocenters. The first-order chi connectivity index (χ1) is 34.5. The molecule has 0 saturated carbocycles. The van der Waals surface area contributed by atoms with Crippen molar-refractivity contribution in [1.29, 1.82) is 0 Å². The van der Waals surface area contributed by atoms with Crippen LogP contribution in [0.5, 0.6) is 0 Å². The van der Waals surface area contributed by atoms with Gasteiger partial charge in [0.25, 0.3) is 5.69 Å². The van der Waals surface area contributed by atoms with Crippen molar-refractivity contribution in [2.75, 3.05) is 27.8 Å². The number of anilines is 5. The number of carbonyl (C=O) groups excluding carboxylic acids is 2. The third-order valence-electron chi connectivity index (χ3n) is 12.2. The first-order valence-corrected chi connectivity index (χ1v) is 27.0. The van der Waals surface area contributed by atoms with E-state index in [1.165, 1.54) is 6.07 Å². The third-order valence-corrected chi connectivity index (χ3v) is 15.6. The molecule has 0 bridgehead atoms. The maximum atomic E-state index is 11.9. The van der Waals surface area contributed by atoms with Crippen molar-refractivity contribution < 1.29 is 54.5 Å². The van der Waals surface area contributed by atoms with E-state index in [4.69, 9.17) is 40.1 Å². The number of halogens is 6. The summed E-state index contributed by atoms with van der Waals surface area (Å²) in [7, 11) is -0.378. The van der Waals surface area contributed by atoms with Gasteiger partial charge in [-0.15, -0.1) is 0 Å². The minimum Gasteiger partial charge on any atom is -0.399 e. The average Bonchev–Trinajstić information content (AvgIpc) is 4.14. The van der Waals surface area contributed by atoms with Crippen LogP contribution in [0.25, 0.3) is 22.3 Å². The summed E-state index contributed by atoms with van der Waals surface area (Å²) < 4.78 is 32.5. The van der Waals surface area contributed by atoms with Crippen molar-refractivity contribution in [1.82, 2.24) is 15.5 Å². The quantitative estimate of drug-likeness (QED) is 0.0474. The molecule has 0 spiro atoms. The van der Waals surface area contributed by atoms with Crippen LogP contribution in [0.2, 0.25) is 0 Å². The standard InChI is InChI=1S/C18H17N3O3.C11H18BNO3.C8H5Br2NO.C6H4Br2N2O2.C6H6Br2N2.Fe/c1-8-17(10(3)23-20-8)12-5-14(18-9(2)21-24-11(18)4)13-7-16(22)19-15(13)6-12;1-7-9(8(2)14-13-7)12-15-10(3,4)11(5,6)16-12;9-4-1-6(10)5-3-8(12)11-7(5)2-4;7-3-1-4(8)6(9)5(2-3)10(11)12;7-3-1-4(8)6(10)5(9)2-3;/h5-6H,7H2,1-4H3,(H,19,22);1-6H3;1-2H,3H2,(H,11,12);1-2H,9H2;1-2H,9-10H2;. The van der Waals surface area contributed by atoms with Crippen molar-refractivity contribution in [2.45, 2.75) is 93.3 Å². The number of aryl methyl sites for hydroxylation is 6. The molecular formula is C49H50BBr6FeN9O9. The number of nitro benzene ring substituents is 1. The molecule has 6 heterocycles. The van der Waals surface area contributed by atoms with Gasteiger partial charge in [-0.1, -0.05) is 79.2 Å². The molecule has 18 nitrogen and oxygen atoms in total. The molecule has 3 aliphatic heterocycles. The Morgan fingerprint density at radius 3 is 1.55 bits per heavy atom. The van der Waals surface area contributed by atoms with Gasteiger partial charge in [0.2, 0.25) is 11.8 Å². The maximum absolute atomic E-state index is 11.9. The third kappa shape index (κ3) is 14.2. The van der Waals surface area contributed by atoms with Gasteiger partial charge in [0.1, 0.15) is 23.0 Å². The Labute approximate surface area is 494 Å². The fourth-order valence-electron chi connectivity index (χ4n) is 7.82. The summed E-state index contributed by atoms with van der Waals surface area (Å²) in [5.41, 5.74) is 28.0. The molecule has 4 aromatic carbocycles. The van der Waals surface area contributed by atoms with E-state index in [0.29, 0.717) is 33.2 Å². The summed E-state index contributed by atoms with van der Waals surface area (Å²) >= 11 is 19.5. The maximum Gasteiger partial charge on any atom is 0.500 e. The van der Waals surface area contributed by atoms with Crippen LogP contribution in [0.4, 0.5) is 34.1 Å². The van der Waals surface area contributed by atoms with E-state index >= 15 is 0 Å². The summed E-state index contributed by atoms with van der Waals surface area (Å²) in [6, 6.07) is 14.5. The van der Waals surface area contributed by atoms with Crippen molar-refractivity contribution in [3.05, 3.63) is 131 Å². The molecule has 1 saturated heterocycles. The fourth-order valence-corrected chi connectivity index (χ4v) is 11.6. The molecule has 7 aromatic rings. The first kappa shape index (κ1) is 61.5. The molecule has 0 aliphatic carbocycles. The van der Waals surface area contributed by atoms with Gasteiger partial charge in [0, 0.05) is 77.9 Å². The smallest absolute Gasteiger partial charge is 0.399 e. The number of carbonyl (C=O) groups is 2. The largest absolute Gasteiger partial charge is 0.500 e. The van der Waals surface area contributed by atoms with Gasteiger partial charge in [0.15, 0.2) is 0 Å². The molecule has 3 aromatic heterocycles. The molecule has 10 rings (SSSR count). The molecule has 75 heavy (non-hydrogen) atoms. The van der Waals surface area contributed by atoms with Crippen LogP contribution in [0.1, 0.15) is 73.2 Å². The number of nitro groups is 1. The van der Waals surface area contributed by atoms with Gasteiger partial charge in [-0.3, -0.25) is 19.7 Å². The summed E-state index contributed by atoms with van der Waals surface area (Å²) in [6.45, 7) is 19.5. The predicted molar refractivity (Wildman–Crippen MR) is 308 cm³/mol. The Morgan fingerprint density at radius 2 is 1.05 bits per heavy atom. The molecular weight excluding hydrogens is 1400 g/mol. The van der Waals surface area contributed by atoms with Crippen LogP contribution in [-0.2, 0) is 48.8 Å². The number of nitrogens with zero attached hydrogens (tertiary/aromatic N) is 4. The van der Waals surface area contributed by atoms with E-state index in [9.17, 15) is 19.7 Å². The van der Waals surface area contributed by atoms with Crippen LogP contribution < -0.4 is 33.3 Å². The van der Waals surface area contributed by atoms with Crippen molar-refractivity contribution in [2.24, 2.45) is 0 Å². The van der Waals surface area contributed by atoms with Gasteiger partial charge in [-0.05, 0) is 166 Å². The number of fused-ring (bicyclic) bond motifs is 2. The second kappa shape index (κ2) is 25.0. The molecule has 0 atom stereocenters. The van der Waals surface area contributed by atoms with Gasteiger partial charge >= 0.3 is 7.12 Å². The van der Waals surface area contributed by atoms with E-state index in [-0.39, 0.29) is 58.6 Å². The number of nitrogens with one attached hydrogen (secondary N) is 2. The summed E-state index contributed by atoms with van der Waals surface area (Å²) in [5.74, 6) is 2.31. The number of rotatable bonds is 4. The number of benzene rings is 4. The molecule has 2 amide bonds. The summed E-state index contributed by atoms with van der Waals surface area (Å²) in [4.78, 5) is 32.8. The fraction of sp³-hybridized carbons (Fsp3) is 0.286. The number of aromatic nitrogens is 3. The van der Waals surface area contributed by atoms with E-state index in [1.54, 1.807) is 12.1 Å². The minimum atomic E-state index is -0.523. The van der Waals surface area contributed by atoms with E-state index in [0.717, 1.165) is 102 Å². The second-order valence-electron chi connectivity index (χ2n) is 18.1. The Balaban J connectivity index is 0.000000180. The Hall–Kier alpha value is -4.37. The normalized spacial score (nSPS) is 14.3. The van der Waals surface area contributed by atoms with Crippen LogP contribution in [0, 0.1) is 51.7 Å². The van der Waals surface area contributed by atoms with Crippen molar-refractivity contribution in [3.63, 3.8) is 0 Å². The zero-order valence-corrected chi connectivity index (χ0v) is 52.5. The predicted octanol–water partition coefficient (Wildman–Crippen LogP) is 13.1. The van der Waals surface area contributed by atoms with Gasteiger partial charge < -0.3 is 50.7 Å². The monoisotopic (exact) mass is 1450 g/mol. The Morgan fingerprint density at radius 1 is 0.600 bits per heavy atom. The van der Waals surface area contributed by atoms with E-state index in [1.807, 2.05) is 93.5 Å². The topological polar surface area (TPSA) is 276 Å². The number of hydrogen-bond acceptors (Lipinski definition) is 15. The first-order valence-electron chi connectivity index (χ1n) is 22.3. The molecule has 1 fully saturated rings. The average molecular weight is 1460 g/mol. The van der Waals surface area contributed by atoms with Crippen LogP contribution in [0.15, 0.2) is 88.9 Å². The van der Waals surface area contributed by atoms with Crippen LogP contribution in [-0.4, -0.2) is 50.5 Å². The molecule has 3 aliphatic rings. The SMILES string of the molecule is Cc1noc(C)c1-c1cc2c(c(-c3c(C)noc3C)c1)CC(=O)N2.Cc1noc(C)c1B1OC(C)(C)C(C)(C)O1.Nc1c(Br)cc(Br)cc1[N+](=O)[O-].Nc1cc(Br)cc(Br)c1N.O=C1Cc2c(Br)cc(Br)cc2N1.[Fe]. The number of amides is 2. The van der Waals surface area contributed by atoms with Crippen molar-refractivity contribution >= 4 is 154 Å². The number of hydrogen-bond donors (Lipinski definition) is 5. The molecule has 398 valence electrons. The number of nitrogen functional groups attached to an aromatic ring is 3. The minimum absolute atomic E-state index is 0. The molecule has 8 N–H and O–H groups in total. The van der Waals surface area contributed by atoms with Gasteiger partial charge in [0.05, 0.1) is 57.4 Å². The van der Waals surface area contributed by atoms with Crippen molar-refractivity contribution in [3.8, 4) is 22.3 Å². The van der Waals surface area contributed by atoms with Gasteiger partial charge in [-0.25, -0.2) is 0 Å². The van der Waals surface area contributed by atoms with Gasteiger partial charge in [-0.2, -0.15) is 0 Å². The molecule has 0 radical (unpaired) electrons. The summed E-state index contributed by atoms with van der Waals surface area (Å²) in [5, 5.41) is 28.1. The van der Waals surface area contributed by atoms with E-state index in [2.05, 4.69) is 128 Å². The summed E-state index contributed by atoms with van der Waals surface area (Å²) in [6.07, 6.45) is 0.833. The van der Waals surface area contributed by atoms with Crippen LogP contribution >= 0.6 is 95.6 Å². The second-order valence-corrected chi connectivity index (χ2v) is 23.4. The zero-order valence-electron chi connectivity index (χ0n) is 41.9. The van der Waals surface area contributed by atoms with E-state index < -0.39 is 4.92 Å². The Kier molecular flexibility index (Phi) is 20.5. The number of nitrogens with two attached hydrogens (primary N) is 3. The van der Waals surface area contributed by atoms with Crippen LogP contribution in [0.3, 0.4) is 0 Å².